The molecule has 8 bridgehead atoms. The monoisotopic (exact) mass is 506 g/mol. The van der Waals surface area contributed by atoms with Crippen molar-refractivity contribution in [3.63, 3.8) is 0 Å². The molecule has 0 aliphatic carbocycles. The van der Waals surface area contributed by atoms with Gasteiger partial charge in [0.1, 0.15) is 11.5 Å². The molecule has 4 aliphatic heterocycles. The van der Waals surface area contributed by atoms with Crippen LogP contribution < -0.4 is 30.7 Å². The quantitative estimate of drug-likeness (QED) is 0.366. The molecule has 1 atom stereocenters. The third kappa shape index (κ3) is 4.60. The molecule has 5 heterocycles. The Balaban J connectivity index is 1.55. The molecule has 11 nitrogen and oxygen atoms in total. The van der Waals surface area contributed by atoms with Crippen molar-refractivity contribution < 1.29 is 28.2 Å². The van der Waals surface area contributed by atoms with Gasteiger partial charge in [-0.2, -0.15) is 4.98 Å². The van der Waals surface area contributed by atoms with Gasteiger partial charge in [-0.25, -0.2) is 9.37 Å². The standard InChI is InChI=1S/C25H23FN6O5/c1-25-20(33)4-3-9-27-22(34)13-5-7-18(36-2)16(10-13)31-24-28-12-15(26)21(32-24)29-14-6-8-19(37-25)17(11-14)30-23(25)35/h5-8,10-12H,3-4,9H2,1-2H3,(H,27,34)(H,30,35)(H2,28,29,31,32). The number of aromatic nitrogens is 2. The Morgan fingerprint density at radius 1 is 1.05 bits per heavy atom. The SMILES string of the molecule is COc1ccc2cc1Nc1ncc(F)c(n1)Nc1ccc3c(c1)NC(=O)C(C)(O3)C(=O)CCCNC2=O. The van der Waals surface area contributed by atoms with Crippen LogP contribution in [-0.4, -0.2) is 46.8 Å². The van der Waals surface area contributed by atoms with Crippen LogP contribution in [0, 0.1) is 5.82 Å². The summed E-state index contributed by atoms with van der Waals surface area (Å²) in [6.45, 7) is 1.61. The van der Waals surface area contributed by atoms with E-state index in [4.69, 9.17) is 9.47 Å². The number of hydrogen-bond donors (Lipinski definition) is 4. The molecule has 190 valence electrons. The number of anilines is 5. The van der Waals surface area contributed by atoms with E-state index in [1.165, 1.54) is 14.0 Å². The Bertz CT molecular complexity index is 1430. The first-order valence-corrected chi connectivity index (χ1v) is 11.5. The van der Waals surface area contributed by atoms with Gasteiger partial charge in [-0.15, -0.1) is 0 Å². The molecule has 0 fully saturated rings. The zero-order valence-electron chi connectivity index (χ0n) is 20.0. The molecule has 2 aromatic carbocycles. The van der Waals surface area contributed by atoms with E-state index < -0.39 is 23.1 Å². The van der Waals surface area contributed by atoms with Crippen LogP contribution in [0.25, 0.3) is 0 Å². The van der Waals surface area contributed by atoms with Crippen LogP contribution in [-0.2, 0) is 9.59 Å². The highest BCUT2D eigenvalue weighted by Crippen LogP contribution is 2.37. The Labute approximate surface area is 210 Å². The molecule has 12 heteroatoms. The maximum Gasteiger partial charge on any atom is 0.276 e. The minimum Gasteiger partial charge on any atom is -0.495 e. The van der Waals surface area contributed by atoms with Gasteiger partial charge < -0.3 is 30.7 Å². The van der Waals surface area contributed by atoms with Crippen molar-refractivity contribution in [3.8, 4) is 11.5 Å². The van der Waals surface area contributed by atoms with Gasteiger partial charge in [0.2, 0.25) is 11.5 Å². The first kappa shape index (κ1) is 24.0. The van der Waals surface area contributed by atoms with Crippen LogP contribution in [0.15, 0.2) is 42.6 Å². The van der Waals surface area contributed by atoms with Crippen molar-refractivity contribution in [1.82, 2.24) is 15.3 Å². The first-order chi connectivity index (χ1) is 17.8. The molecule has 2 amide bonds. The normalized spacial score (nSPS) is 19.2. The fourth-order valence-corrected chi connectivity index (χ4v) is 4.00. The van der Waals surface area contributed by atoms with E-state index in [0.717, 1.165) is 6.20 Å². The molecule has 0 radical (unpaired) electrons. The number of nitrogens with zero attached hydrogens (tertiary/aromatic N) is 2. The number of benzene rings is 2. The van der Waals surface area contributed by atoms with Crippen LogP contribution in [0.3, 0.4) is 0 Å². The fraction of sp³-hybridized carbons (Fsp3) is 0.240. The van der Waals surface area contributed by atoms with E-state index >= 15 is 0 Å². The topological polar surface area (TPSA) is 144 Å². The van der Waals surface area contributed by atoms with E-state index in [0.29, 0.717) is 40.5 Å². The lowest BCUT2D eigenvalue weighted by atomic mass is 9.94. The number of ether oxygens (including phenoxy) is 2. The van der Waals surface area contributed by atoms with Crippen molar-refractivity contribution in [1.29, 1.82) is 0 Å². The highest BCUT2D eigenvalue weighted by molar-refractivity contribution is 6.16. The Morgan fingerprint density at radius 3 is 2.70 bits per heavy atom. The number of methoxy groups -OCH3 is 1. The number of Topliss-reactive ketones (excluding diaryl/α,β-unsaturated/α-hetero) is 1. The molecular formula is C25H23FN6O5. The number of rotatable bonds is 1. The number of hydrogen-bond acceptors (Lipinski definition) is 9. The van der Waals surface area contributed by atoms with Gasteiger partial charge in [0, 0.05) is 24.2 Å². The van der Waals surface area contributed by atoms with E-state index in [9.17, 15) is 18.8 Å². The van der Waals surface area contributed by atoms with Crippen molar-refractivity contribution in [2.75, 3.05) is 29.6 Å². The average Bonchev–Trinajstić information content (AvgIpc) is 2.88. The van der Waals surface area contributed by atoms with Crippen molar-refractivity contribution in [3.05, 3.63) is 54.0 Å². The lowest BCUT2D eigenvalue weighted by Crippen LogP contribution is -2.54. The Hall–Kier alpha value is -4.74. The largest absolute Gasteiger partial charge is 0.495 e. The van der Waals surface area contributed by atoms with Crippen LogP contribution in [0.4, 0.5) is 33.2 Å². The number of fused-ring (bicyclic) bond motifs is 2. The molecule has 0 saturated carbocycles. The maximum absolute atomic E-state index is 14.6. The number of halogens is 1. The van der Waals surface area contributed by atoms with Crippen molar-refractivity contribution in [2.24, 2.45) is 0 Å². The summed E-state index contributed by atoms with van der Waals surface area (Å²) in [4.78, 5) is 46.7. The number of nitrogens with one attached hydrogen (secondary N) is 4. The highest BCUT2D eigenvalue weighted by atomic mass is 19.1. The van der Waals surface area contributed by atoms with Crippen molar-refractivity contribution >= 4 is 46.4 Å². The zero-order valence-corrected chi connectivity index (χ0v) is 20.0. The highest BCUT2D eigenvalue weighted by Gasteiger charge is 2.46. The minimum atomic E-state index is -1.73. The summed E-state index contributed by atoms with van der Waals surface area (Å²) in [5, 5.41) is 11.3. The summed E-state index contributed by atoms with van der Waals surface area (Å²) in [5.41, 5.74) is -0.285. The molecule has 1 aromatic heterocycles. The predicted octanol–water partition coefficient (Wildman–Crippen LogP) is 3.29. The van der Waals surface area contributed by atoms with Gasteiger partial charge >= 0.3 is 0 Å². The third-order valence-electron chi connectivity index (χ3n) is 6.09. The molecule has 4 aliphatic rings. The summed E-state index contributed by atoms with van der Waals surface area (Å²) >= 11 is 0. The van der Waals surface area contributed by atoms with Gasteiger partial charge in [-0.1, -0.05) is 0 Å². The summed E-state index contributed by atoms with van der Waals surface area (Å²) in [6, 6.07) is 9.46. The third-order valence-corrected chi connectivity index (χ3v) is 6.09. The summed E-state index contributed by atoms with van der Waals surface area (Å²) in [6.07, 6.45) is 1.31. The second kappa shape index (κ2) is 9.37. The van der Waals surface area contributed by atoms with Crippen molar-refractivity contribution in [2.45, 2.75) is 25.4 Å². The van der Waals surface area contributed by atoms with E-state index in [1.54, 1.807) is 36.4 Å². The van der Waals surface area contributed by atoms with Gasteiger partial charge in [-0.3, -0.25) is 14.4 Å². The van der Waals surface area contributed by atoms with Crippen LogP contribution in [0.1, 0.15) is 30.1 Å². The number of carbonyl (C=O) groups is 3. The Kier molecular flexibility index (Phi) is 6.07. The predicted molar refractivity (Wildman–Crippen MR) is 132 cm³/mol. The van der Waals surface area contributed by atoms with Gasteiger partial charge in [0.25, 0.3) is 11.8 Å². The van der Waals surface area contributed by atoms with E-state index in [-0.39, 0.29) is 30.6 Å². The second-order valence-electron chi connectivity index (χ2n) is 8.64. The number of ketones is 1. The zero-order chi connectivity index (χ0) is 26.2. The van der Waals surface area contributed by atoms with Crippen LogP contribution >= 0.6 is 0 Å². The minimum absolute atomic E-state index is 0.0137. The van der Waals surface area contributed by atoms with Crippen LogP contribution in [0.5, 0.6) is 11.5 Å². The first-order valence-electron chi connectivity index (χ1n) is 11.5. The maximum atomic E-state index is 14.6. The smallest absolute Gasteiger partial charge is 0.276 e. The van der Waals surface area contributed by atoms with E-state index in [2.05, 4.69) is 31.2 Å². The number of carbonyl (C=O) groups excluding carboxylic acids is 3. The Morgan fingerprint density at radius 2 is 1.89 bits per heavy atom. The van der Waals surface area contributed by atoms with Crippen LogP contribution in [0.2, 0.25) is 0 Å². The molecule has 37 heavy (non-hydrogen) atoms. The summed E-state index contributed by atoms with van der Waals surface area (Å²) in [7, 11) is 1.47. The molecule has 3 aromatic rings. The number of amides is 2. The average molecular weight is 506 g/mol. The fourth-order valence-electron chi connectivity index (χ4n) is 4.00. The molecule has 0 saturated heterocycles. The molecule has 1 unspecified atom stereocenters. The second-order valence-corrected chi connectivity index (χ2v) is 8.64. The van der Waals surface area contributed by atoms with Gasteiger partial charge in [0.05, 0.1) is 24.7 Å². The summed E-state index contributed by atoms with van der Waals surface area (Å²) in [5.74, 6) is -1.51. The molecule has 0 spiro atoms. The van der Waals surface area contributed by atoms with Gasteiger partial charge in [0.15, 0.2) is 17.4 Å². The summed E-state index contributed by atoms with van der Waals surface area (Å²) < 4.78 is 25.8. The lowest BCUT2D eigenvalue weighted by Gasteiger charge is -2.33. The van der Waals surface area contributed by atoms with E-state index in [1.807, 2.05) is 0 Å². The molecule has 4 N–H and O–H groups in total. The molecular weight excluding hydrogens is 483 g/mol. The van der Waals surface area contributed by atoms with Gasteiger partial charge in [-0.05, 0) is 49.7 Å². The lowest BCUT2D eigenvalue weighted by molar-refractivity contribution is -0.145. The molecule has 7 rings (SSSR count).